The van der Waals surface area contributed by atoms with Crippen LogP contribution in [-0.2, 0) is 0 Å². The minimum absolute atomic E-state index is 0.229. The molecule has 0 unspecified atom stereocenters. The maximum atomic E-state index is 11.0. The molecule has 104 valence electrons. The van der Waals surface area contributed by atoms with E-state index in [0.717, 1.165) is 5.69 Å². The van der Waals surface area contributed by atoms with E-state index < -0.39 is 5.97 Å². The molecule has 4 heteroatoms. The molecule has 4 nitrogen and oxygen atoms in total. The quantitative estimate of drug-likeness (QED) is 0.882. The van der Waals surface area contributed by atoms with Crippen LogP contribution >= 0.6 is 0 Å². The number of rotatable bonds is 4. The molecule has 1 heterocycles. The molecule has 2 rings (SSSR count). The molecule has 0 saturated heterocycles. The van der Waals surface area contributed by atoms with E-state index in [1.165, 1.54) is 5.56 Å². The standard InChI is InChI=1S/C16H18N2O2/c1-10(2)12-6-4-5-7-14(12)18-15-9-8-13(16(19)20)11(3)17-15/h4-10H,1-3H3,(H,17,18)(H,19,20). The molecule has 0 aliphatic heterocycles. The zero-order valence-electron chi connectivity index (χ0n) is 11.8. The predicted octanol–water partition coefficient (Wildman–Crippen LogP) is 3.96. The first-order valence-electron chi connectivity index (χ1n) is 6.56. The van der Waals surface area contributed by atoms with Gasteiger partial charge in [0.25, 0.3) is 0 Å². The summed E-state index contributed by atoms with van der Waals surface area (Å²) in [5.74, 6) is 0.0998. The number of aryl methyl sites for hydroxylation is 1. The fourth-order valence-electron chi connectivity index (χ4n) is 2.11. The van der Waals surface area contributed by atoms with Crippen LogP contribution < -0.4 is 5.32 Å². The van der Waals surface area contributed by atoms with Crippen LogP contribution in [0.4, 0.5) is 11.5 Å². The Kier molecular flexibility index (Phi) is 4.03. The van der Waals surface area contributed by atoms with E-state index in [2.05, 4.69) is 30.2 Å². The van der Waals surface area contributed by atoms with Crippen molar-refractivity contribution in [2.75, 3.05) is 5.32 Å². The van der Waals surface area contributed by atoms with Crippen molar-refractivity contribution in [3.63, 3.8) is 0 Å². The summed E-state index contributed by atoms with van der Waals surface area (Å²) < 4.78 is 0. The molecule has 1 aromatic heterocycles. The van der Waals surface area contributed by atoms with Gasteiger partial charge < -0.3 is 10.4 Å². The Morgan fingerprint density at radius 2 is 1.90 bits per heavy atom. The molecular weight excluding hydrogens is 252 g/mol. The van der Waals surface area contributed by atoms with Crippen LogP contribution in [-0.4, -0.2) is 16.1 Å². The minimum Gasteiger partial charge on any atom is -0.478 e. The van der Waals surface area contributed by atoms with Gasteiger partial charge in [-0.15, -0.1) is 0 Å². The van der Waals surface area contributed by atoms with Gasteiger partial charge in [-0.25, -0.2) is 9.78 Å². The zero-order valence-corrected chi connectivity index (χ0v) is 11.8. The lowest BCUT2D eigenvalue weighted by Gasteiger charge is -2.14. The zero-order chi connectivity index (χ0) is 14.7. The molecule has 0 aliphatic carbocycles. The van der Waals surface area contributed by atoms with Crippen LogP contribution in [0.25, 0.3) is 0 Å². The molecule has 0 fully saturated rings. The van der Waals surface area contributed by atoms with Crippen molar-refractivity contribution in [1.29, 1.82) is 0 Å². The van der Waals surface area contributed by atoms with E-state index in [0.29, 0.717) is 17.4 Å². The number of anilines is 2. The average Bonchev–Trinajstić information content (AvgIpc) is 2.38. The Bertz CT molecular complexity index is 636. The number of carboxylic acid groups (broad SMARTS) is 1. The summed E-state index contributed by atoms with van der Waals surface area (Å²) in [6.07, 6.45) is 0. The summed E-state index contributed by atoms with van der Waals surface area (Å²) in [6, 6.07) is 11.3. The van der Waals surface area contributed by atoms with Gasteiger partial charge in [0.05, 0.1) is 11.3 Å². The van der Waals surface area contributed by atoms with Crippen molar-refractivity contribution in [2.45, 2.75) is 26.7 Å². The van der Waals surface area contributed by atoms with Gasteiger partial charge in [-0.1, -0.05) is 32.0 Å². The number of carboxylic acids is 1. The van der Waals surface area contributed by atoms with Crippen LogP contribution in [0.2, 0.25) is 0 Å². The lowest BCUT2D eigenvalue weighted by Crippen LogP contribution is -2.04. The molecule has 0 bridgehead atoms. The van der Waals surface area contributed by atoms with E-state index in [1.54, 1.807) is 19.1 Å². The Balaban J connectivity index is 2.31. The third-order valence-corrected chi connectivity index (χ3v) is 3.16. The first kappa shape index (κ1) is 14.1. The highest BCUT2D eigenvalue weighted by atomic mass is 16.4. The van der Waals surface area contributed by atoms with Gasteiger partial charge in [0, 0.05) is 5.69 Å². The molecule has 2 N–H and O–H groups in total. The largest absolute Gasteiger partial charge is 0.478 e. The highest BCUT2D eigenvalue weighted by Gasteiger charge is 2.10. The first-order valence-corrected chi connectivity index (χ1v) is 6.56. The van der Waals surface area contributed by atoms with Crippen LogP contribution in [0.3, 0.4) is 0 Å². The number of hydrogen-bond donors (Lipinski definition) is 2. The maximum absolute atomic E-state index is 11.0. The Labute approximate surface area is 118 Å². The fraction of sp³-hybridized carbons (Fsp3) is 0.250. The highest BCUT2D eigenvalue weighted by molar-refractivity contribution is 5.89. The number of nitrogens with zero attached hydrogens (tertiary/aromatic N) is 1. The van der Waals surface area contributed by atoms with Gasteiger partial charge in [0.15, 0.2) is 0 Å². The van der Waals surface area contributed by atoms with Gasteiger partial charge in [-0.05, 0) is 36.6 Å². The van der Waals surface area contributed by atoms with E-state index in [4.69, 9.17) is 5.11 Å². The highest BCUT2D eigenvalue weighted by Crippen LogP contribution is 2.26. The van der Waals surface area contributed by atoms with Crippen molar-refractivity contribution in [3.05, 3.63) is 53.2 Å². The number of pyridine rings is 1. The topological polar surface area (TPSA) is 62.2 Å². The second-order valence-electron chi connectivity index (χ2n) is 5.00. The van der Waals surface area contributed by atoms with Gasteiger partial charge in [0.2, 0.25) is 0 Å². The molecule has 0 amide bonds. The van der Waals surface area contributed by atoms with E-state index in [-0.39, 0.29) is 5.56 Å². The summed E-state index contributed by atoms with van der Waals surface area (Å²) in [4.78, 5) is 15.3. The molecule has 20 heavy (non-hydrogen) atoms. The van der Waals surface area contributed by atoms with Crippen LogP contribution in [0, 0.1) is 6.92 Å². The minimum atomic E-state index is -0.955. The molecular formula is C16H18N2O2. The molecule has 0 saturated carbocycles. The number of carbonyl (C=O) groups is 1. The van der Waals surface area contributed by atoms with Crippen molar-refractivity contribution in [1.82, 2.24) is 4.98 Å². The van der Waals surface area contributed by atoms with Crippen molar-refractivity contribution in [2.24, 2.45) is 0 Å². The predicted molar refractivity (Wildman–Crippen MR) is 79.7 cm³/mol. The van der Waals surface area contributed by atoms with Crippen LogP contribution in [0.1, 0.15) is 41.4 Å². The second kappa shape index (κ2) is 5.74. The van der Waals surface area contributed by atoms with Crippen molar-refractivity contribution in [3.8, 4) is 0 Å². The molecule has 2 aromatic rings. The Morgan fingerprint density at radius 1 is 1.20 bits per heavy atom. The van der Waals surface area contributed by atoms with Gasteiger partial charge >= 0.3 is 5.97 Å². The summed E-state index contributed by atoms with van der Waals surface area (Å²) in [6.45, 7) is 5.96. The number of nitrogens with one attached hydrogen (secondary N) is 1. The Morgan fingerprint density at radius 3 is 2.50 bits per heavy atom. The van der Waals surface area contributed by atoms with E-state index in [1.807, 2.05) is 18.2 Å². The summed E-state index contributed by atoms with van der Waals surface area (Å²) in [5.41, 5.74) is 2.93. The van der Waals surface area contributed by atoms with E-state index in [9.17, 15) is 4.79 Å². The number of aromatic nitrogens is 1. The molecule has 1 aromatic carbocycles. The second-order valence-corrected chi connectivity index (χ2v) is 5.00. The Hall–Kier alpha value is -2.36. The van der Waals surface area contributed by atoms with Gasteiger partial charge in [-0.3, -0.25) is 0 Å². The third kappa shape index (κ3) is 2.96. The van der Waals surface area contributed by atoms with Gasteiger partial charge in [0.1, 0.15) is 5.82 Å². The summed E-state index contributed by atoms with van der Waals surface area (Å²) in [7, 11) is 0. The number of hydrogen-bond acceptors (Lipinski definition) is 3. The summed E-state index contributed by atoms with van der Waals surface area (Å²) >= 11 is 0. The fourth-order valence-corrected chi connectivity index (χ4v) is 2.11. The molecule has 0 radical (unpaired) electrons. The SMILES string of the molecule is Cc1nc(Nc2ccccc2C(C)C)ccc1C(=O)O. The molecule has 0 aliphatic rings. The van der Waals surface area contributed by atoms with E-state index >= 15 is 0 Å². The number of aromatic carboxylic acids is 1. The lowest BCUT2D eigenvalue weighted by atomic mass is 10.0. The lowest BCUT2D eigenvalue weighted by molar-refractivity contribution is 0.0695. The molecule has 0 atom stereocenters. The average molecular weight is 270 g/mol. The van der Waals surface area contributed by atoms with Gasteiger partial charge in [-0.2, -0.15) is 0 Å². The van der Waals surface area contributed by atoms with Crippen LogP contribution in [0.15, 0.2) is 36.4 Å². The summed E-state index contributed by atoms with van der Waals surface area (Å²) in [5, 5.41) is 12.3. The van der Waals surface area contributed by atoms with Crippen LogP contribution in [0.5, 0.6) is 0 Å². The number of para-hydroxylation sites is 1. The first-order chi connectivity index (χ1) is 9.49. The van der Waals surface area contributed by atoms with Crippen molar-refractivity contribution < 1.29 is 9.90 Å². The molecule has 0 spiro atoms. The normalized spacial score (nSPS) is 10.6. The van der Waals surface area contributed by atoms with Crippen molar-refractivity contribution >= 4 is 17.5 Å². The smallest absolute Gasteiger partial charge is 0.337 e. The number of benzene rings is 1. The monoisotopic (exact) mass is 270 g/mol. The third-order valence-electron chi connectivity index (χ3n) is 3.16. The maximum Gasteiger partial charge on any atom is 0.337 e.